The van der Waals surface area contributed by atoms with E-state index in [-0.39, 0.29) is 23.1 Å². The van der Waals surface area contributed by atoms with Gasteiger partial charge in [0.05, 0.1) is 0 Å². The summed E-state index contributed by atoms with van der Waals surface area (Å²) >= 11 is 0. The molecule has 4 rings (SSSR count). The van der Waals surface area contributed by atoms with Crippen LogP contribution in [0.5, 0.6) is 0 Å². The van der Waals surface area contributed by atoms with Crippen molar-refractivity contribution in [3.8, 4) is 0 Å². The molecule has 6 heteroatoms. The van der Waals surface area contributed by atoms with E-state index in [0.29, 0.717) is 6.54 Å². The van der Waals surface area contributed by atoms with Crippen molar-refractivity contribution in [2.75, 3.05) is 6.54 Å². The summed E-state index contributed by atoms with van der Waals surface area (Å²) in [5.41, 5.74) is 0.669. The highest BCUT2D eigenvalue weighted by Crippen LogP contribution is 2.22. The fourth-order valence-corrected chi connectivity index (χ4v) is 3.74. The summed E-state index contributed by atoms with van der Waals surface area (Å²) in [5, 5.41) is 5.11. The molecule has 3 aromatic rings. The molecule has 26 heavy (non-hydrogen) atoms. The molecule has 1 unspecified atom stereocenters. The van der Waals surface area contributed by atoms with Crippen LogP contribution < -0.4 is 5.56 Å². The fraction of sp³-hybridized carbons (Fsp3) is 0.350. The fourth-order valence-electron chi connectivity index (χ4n) is 3.74. The molecule has 0 saturated carbocycles. The second-order valence-corrected chi connectivity index (χ2v) is 6.81. The molecule has 0 aliphatic carbocycles. The minimum atomic E-state index is -0.315. The predicted octanol–water partition coefficient (Wildman–Crippen LogP) is 2.81. The SMILES string of the molecule is O=C(c1cc2ccccc2[nH]c1=O)N1CCCCC1CCn1cccn1. The summed E-state index contributed by atoms with van der Waals surface area (Å²) in [6.45, 7) is 1.48. The van der Waals surface area contributed by atoms with Crippen LogP contribution in [0.2, 0.25) is 0 Å². The molecular formula is C20H22N4O2. The van der Waals surface area contributed by atoms with Gasteiger partial charge in [0.2, 0.25) is 0 Å². The van der Waals surface area contributed by atoms with Crippen molar-refractivity contribution in [1.82, 2.24) is 19.7 Å². The van der Waals surface area contributed by atoms with E-state index in [2.05, 4.69) is 10.1 Å². The summed E-state index contributed by atoms with van der Waals surface area (Å²) in [5.74, 6) is -0.165. The maximum absolute atomic E-state index is 13.1. The molecular weight excluding hydrogens is 328 g/mol. The average Bonchev–Trinajstić information content (AvgIpc) is 3.19. The molecule has 1 fully saturated rings. The van der Waals surface area contributed by atoms with Crippen LogP contribution in [0.3, 0.4) is 0 Å². The Balaban J connectivity index is 1.58. The molecule has 1 atom stereocenters. The van der Waals surface area contributed by atoms with Gasteiger partial charge in [-0.25, -0.2) is 0 Å². The van der Waals surface area contributed by atoms with Gasteiger partial charge in [0.1, 0.15) is 5.56 Å². The standard InChI is InChI=1S/C20H22N4O2/c25-19-17(14-15-6-1-2-8-18(15)22-19)20(26)24-12-4-3-7-16(24)9-13-23-11-5-10-21-23/h1-2,5-6,8,10-11,14,16H,3-4,7,9,12-13H2,(H,22,25). The normalized spacial score (nSPS) is 17.5. The van der Waals surface area contributed by atoms with Crippen molar-refractivity contribution in [3.05, 3.63) is 64.7 Å². The Hall–Kier alpha value is -2.89. The van der Waals surface area contributed by atoms with E-state index in [4.69, 9.17) is 0 Å². The van der Waals surface area contributed by atoms with Crippen molar-refractivity contribution in [2.24, 2.45) is 0 Å². The molecule has 6 nitrogen and oxygen atoms in total. The molecule has 134 valence electrons. The van der Waals surface area contributed by atoms with E-state index < -0.39 is 0 Å². The number of H-pyrrole nitrogens is 1. The van der Waals surface area contributed by atoms with E-state index >= 15 is 0 Å². The molecule has 1 N–H and O–H groups in total. The number of benzene rings is 1. The summed E-state index contributed by atoms with van der Waals surface area (Å²) in [6, 6.07) is 11.3. The summed E-state index contributed by atoms with van der Waals surface area (Å²) in [4.78, 5) is 30.3. The summed E-state index contributed by atoms with van der Waals surface area (Å²) < 4.78 is 1.89. The maximum atomic E-state index is 13.1. The zero-order chi connectivity index (χ0) is 17.9. The van der Waals surface area contributed by atoms with Gasteiger partial charge in [-0.3, -0.25) is 14.3 Å². The molecule has 1 aliphatic heterocycles. The number of carbonyl (C=O) groups excluding carboxylic acids is 1. The number of piperidine rings is 1. The highest BCUT2D eigenvalue weighted by atomic mass is 16.2. The Morgan fingerprint density at radius 1 is 1.23 bits per heavy atom. The third-order valence-electron chi connectivity index (χ3n) is 5.12. The molecule has 1 aliphatic rings. The maximum Gasteiger partial charge on any atom is 0.261 e. The van der Waals surface area contributed by atoms with Crippen molar-refractivity contribution >= 4 is 16.8 Å². The van der Waals surface area contributed by atoms with Crippen LogP contribution in [0.25, 0.3) is 10.9 Å². The van der Waals surface area contributed by atoms with Gasteiger partial charge in [-0.1, -0.05) is 18.2 Å². The van der Waals surface area contributed by atoms with Crippen LogP contribution in [-0.4, -0.2) is 38.2 Å². The van der Waals surface area contributed by atoms with Gasteiger partial charge in [0, 0.05) is 37.0 Å². The van der Waals surface area contributed by atoms with Crippen molar-refractivity contribution < 1.29 is 4.79 Å². The Kier molecular flexibility index (Phi) is 4.56. The lowest BCUT2D eigenvalue weighted by Crippen LogP contribution is -2.45. The highest BCUT2D eigenvalue weighted by molar-refractivity contribution is 5.97. The van der Waals surface area contributed by atoms with Gasteiger partial charge in [-0.15, -0.1) is 0 Å². The van der Waals surface area contributed by atoms with Gasteiger partial charge in [0.15, 0.2) is 0 Å². The topological polar surface area (TPSA) is 71.0 Å². The first-order chi connectivity index (χ1) is 12.7. The van der Waals surface area contributed by atoms with Crippen molar-refractivity contribution in [3.63, 3.8) is 0 Å². The number of nitrogens with zero attached hydrogens (tertiary/aromatic N) is 3. The van der Waals surface area contributed by atoms with E-state index in [1.807, 2.05) is 46.1 Å². The highest BCUT2D eigenvalue weighted by Gasteiger charge is 2.28. The number of para-hydroxylation sites is 1. The van der Waals surface area contributed by atoms with Gasteiger partial charge in [-0.2, -0.15) is 5.10 Å². The summed E-state index contributed by atoms with van der Waals surface area (Å²) in [6.07, 6.45) is 7.61. The number of amides is 1. The number of pyridine rings is 1. The molecule has 0 spiro atoms. The molecule has 3 heterocycles. The van der Waals surface area contributed by atoms with Crippen LogP contribution in [0, 0.1) is 0 Å². The number of hydrogen-bond acceptors (Lipinski definition) is 3. The first-order valence-electron chi connectivity index (χ1n) is 9.13. The Labute approximate surface area is 151 Å². The van der Waals surface area contributed by atoms with Gasteiger partial charge < -0.3 is 9.88 Å². The third kappa shape index (κ3) is 3.27. The summed E-state index contributed by atoms with van der Waals surface area (Å²) in [7, 11) is 0. The largest absolute Gasteiger partial charge is 0.335 e. The number of aryl methyl sites for hydroxylation is 1. The lowest BCUT2D eigenvalue weighted by Gasteiger charge is -2.35. The number of aromatic nitrogens is 3. The number of likely N-dealkylation sites (tertiary alicyclic amines) is 1. The van der Waals surface area contributed by atoms with Gasteiger partial charge in [0.25, 0.3) is 11.5 Å². The van der Waals surface area contributed by atoms with Crippen LogP contribution in [0.4, 0.5) is 0 Å². The van der Waals surface area contributed by atoms with E-state index in [1.54, 1.807) is 12.3 Å². The number of fused-ring (bicyclic) bond motifs is 1. The van der Waals surface area contributed by atoms with Crippen molar-refractivity contribution in [2.45, 2.75) is 38.3 Å². The van der Waals surface area contributed by atoms with Crippen LogP contribution in [0.1, 0.15) is 36.0 Å². The number of nitrogens with one attached hydrogen (secondary N) is 1. The molecule has 0 bridgehead atoms. The van der Waals surface area contributed by atoms with E-state index in [9.17, 15) is 9.59 Å². The smallest absolute Gasteiger partial charge is 0.261 e. The Bertz CT molecular complexity index is 961. The minimum absolute atomic E-state index is 0.145. The Morgan fingerprint density at radius 3 is 2.96 bits per heavy atom. The number of aromatic amines is 1. The molecule has 1 aromatic carbocycles. The van der Waals surface area contributed by atoms with Crippen molar-refractivity contribution in [1.29, 1.82) is 0 Å². The van der Waals surface area contributed by atoms with E-state index in [1.165, 1.54) is 0 Å². The first-order valence-corrected chi connectivity index (χ1v) is 9.13. The van der Waals surface area contributed by atoms with Gasteiger partial charge in [-0.05, 0) is 49.3 Å². The second kappa shape index (κ2) is 7.15. The molecule has 1 amide bonds. The average molecular weight is 350 g/mol. The Morgan fingerprint density at radius 2 is 2.12 bits per heavy atom. The zero-order valence-electron chi connectivity index (χ0n) is 14.6. The second-order valence-electron chi connectivity index (χ2n) is 6.81. The first kappa shape index (κ1) is 16.6. The third-order valence-corrected chi connectivity index (χ3v) is 5.12. The number of hydrogen-bond donors (Lipinski definition) is 1. The number of rotatable bonds is 4. The minimum Gasteiger partial charge on any atom is -0.335 e. The molecule has 2 aromatic heterocycles. The predicted molar refractivity (Wildman–Crippen MR) is 100 cm³/mol. The van der Waals surface area contributed by atoms with E-state index in [0.717, 1.165) is 43.1 Å². The lowest BCUT2D eigenvalue weighted by molar-refractivity contribution is 0.0592. The quantitative estimate of drug-likeness (QED) is 0.786. The van der Waals surface area contributed by atoms with Crippen LogP contribution >= 0.6 is 0 Å². The lowest BCUT2D eigenvalue weighted by atomic mass is 9.98. The monoisotopic (exact) mass is 350 g/mol. The van der Waals surface area contributed by atoms with Crippen LogP contribution in [-0.2, 0) is 6.54 Å². The zero-order valence-corrected chi connectivity index (χ0v) is 14.6. The number of carbonyl (C=O) groups is 1. The van der Waals surface area contributed by atoms with Gasteiger partial charge >= 0.3 is 0 Å². The van der Waals surface area contributed by atoms with Crippen LogP contribution in [0.15, 0.2) is 53.6 Å². The molecule has 1 saturated heterocycles. The molecule has 0 radical (unpaired) electrons.